The Morgan fingerprint density at radius 2 is 2.22 bits per heavy atom. The van der Waals surface area contributed by atoms with Crippen LogP contribution in [-0.4, -0.2) is 33.0 Å². The molecular weight excluding hydrogens is 230 g/mol. The number of carbonyl (C=O) groups excluding carboxylic acids is 1. The van der Waals surface area contributed by atoms with Crippen molar-refractivity contribution in [3.63, 3.8) is 0 Å². The van der Waals surface area contributed by atoms with Crippen LogP contribution in [0, 0.1) is 0 Å². The van der Waals surface area contributed by atoms with Gasteiger partial charge in [0.15, 0.2) is 6.29 Å². The highest BCUT2D eigenvalue weighted by Crippen LogP contribution is 2.42. The van der Waals surface area contributed by atoms with Crippen LogP contribution in [0.15, 0.2) is 6.20 Å². The molecule has 2 fully saturated rings. The van der Waals surface area contributed by atoms with Crippen molar-refractivity contribution in [3.8, 4) is 0 Å². The van der Waals surface area contributed by atoms with Gasteiger partial charge in [0.05, 0.1) is 24.4 Å². The van der Waals surface area contributed by atoms with E-state index in [1.165, 1.54) is 38.5 Å². The lowest BCUT2D eigenvalue weighted by Crippen LogP contribution is -2.32. The molecule has 1 atom stereocenters. The Balaban J connectivity index is 1.60. The molecule has 0 N–H and O–H groups in total. The van der Waals surface area contributed by atoms with Crippen LogP contribution in [0.5, 0.6) is 0 Å². The summed E-state index contributed by atoms with van der Waals surface area (Å²) < 4.78 is 7.98. The minimum absolute atomic E-state index is 0.150. The monoisotopic (exact) mass is 249 g/mol. The summed E-state index contributed by atoms with van der Waals surface area (Å²) in [5.74, 6) is 0. The second-order valence-corrected chi connectivity index (χ2v) is 5.51. The molecule has 1 saturated heterocycles. The molecule has 0 bridgehead atoms. The summed E-state index contributed by atoms with van der Waals surface area (Å²) in [6.45, 7) is 0.711. The fourth-order valence-corrected chi connectivity index (χ4v) is 3.25. The van der Waals surface area contributed by atoms with E-state index in [4.69, 9.17) is 4.74 Å². The zero-order chi connectivity index (χ0) is 12.4. The minimum atomic E-state index is 0.150. The van der Waals surface area contributed by atoms with E-state index in [0.29, 0.717) is 12.2 Å². The lowest BCUT2D eigenvalue weighted by molar-refractivity contribution is -0.0689. The van der Waals surface area contributed by atoms with Gasteiger partial charge in [0, 0.05) is 0 Å². The average molecular weight is 249 g/mol. The van der Waals surface area contributed by atoms with Crippen molar-refractivity contribution in [1.82, 2.24) is 15.0 Å². The molecule has 1 unspecified atom stereocenters. The molecule has 1 aromatic rings. The van der Waals surface area contributed by atoms with E-state index >= 15 is 0 Å². The third-order valence-electron chi connectivity index (χ3n) is 4.17. The second-order valence-electron chi connectivity index (χ2n) is 5.51. The summed E-state index contributed by atoms with van der Waals surface area (Å²) in [7, 11) is 0. The van der Waals surface area contributed by atoms with Crippen LogP contribution < -0.4 is 0 Å². The largest absolute Gasteiger partial charge is 0.370 e. The van der Waals surface area contributed by atoms with Gasteiger partial charge in [-0.3, -0.25) is 4.79 Å². The van der Waals surface area contributed by atoms with Crippen LogP contribution in [0.3, 0.4) is 0 Å². The summed E-state index contributed by atoms with van der Waals surface area (Å²) in [5, 5.41) is 7.71. The fraction of sp³-hybridized carbons (Fsp3) is 0.769. The Morgan fingerprint density at radius 1 is 1.39 bits per heavy atom. The van der Waals surface area contributed by atoms with Crippen molar-refractivity contribution in [2.45, 2.75) is 63.2 Å². The van der Waals surface area contributed by atoms with Gasteiger partial charge in [0.25, 0.3) is 0 Å². The molecule has 1 saturated carbocycles. The number of rotatable bonds is 3. The molecule has 5 nitrogen and oxygen atoms in total. The van der Waals surface area contributed by atoms with Crippen LogP contribution in [0.1, 0.15) is 55.4 Å². The molecule has 0 radical (unpaired) electrons. The Labute approximate surface area is 107 Å². The third kappa shape index (κ3) is 2.32. The summed E-state index contributed by atoms with van der Waals surface area (Å²) in [5.41, 5.74) is 0.539. The van der Waals surface area contributed by atoms with Crippen molar-refractivity contribution < 1.29 is 9.53 Å². The predicted molar refractivity (Wildman–Crippen MR) is 65.3 cm³/mol. The number of hydrogen-bond donors (Lipinski definition) is 0. The predicted octanol–water partition coefficient (Wildman–Crippen LogP) is 1.97. The SMILES string of the molecule is O=Cc1cn(CC2CCC3(CCCCC3)O2)nn1. The smallest absolute Gasteiger partial charge is 0.171 e. The Morgan fingerprint density at radius 3 is 2.94 bits per heavy atom. The van der Waals surface area contributed by atoms with Gasteiger partial charge in [-0.25, -0.2) is 4.68 Å². The van der Waals surface area contributed by atoms with E-state index < -0.39 is 0 Å². The summed E-state index contributed by atoms with van der Waals surface area (Å²) in [4.78, 5) is 10.6. The van der Waals surface area contributed by atoms with Gasteiger partial charge in [-0.1, -0.05) is 24.5 Å². The molecule has 1 spiro atoms. The average Bonchev–Trinajstić information content (AvgIpc) is 2.99. The van der Waals surface area contributed by atoms with Crippen molar-refractivity contribution in [2.75, 3.05) is 0 Å². The third-order valence-corrected chi connectivity index (χ3v) is 4.17. The van der Waals surface area contributed by atoms with Gasteiger partial charge in [-0.05, 0) is 25.7 Å². The van der Waals surface area contributed by atoms with Crippen molar-refractivity contribution in [2.24, 2.45) is 0 Å². The van der Waals surface area contributed by atoms with Gasteiger partial charge < -0.3 is 4.74 Å². The topological polar surface area (TPSA) is 57.0 Å². The van der Waals surface area contributed by atoms with E-state index in [9.17, 15) is 4.79 Å². The van der Waals surface area contributed by atoms with Crippen LogP contribution >= 0.6 is 0 Å². The molecule has 3 rings (SSSR count). The summed E-state index contributed by atoms with van der Waals surface area (Å²) in [6.07, 6.45) is 11.3. The highest BCUT2D eigenvalue weighted by molar-refractivity contribution is 5.70. The zero-order valence-corrected chi connectivity index (χ0v) is 10.5. The molecule has 0 amide bonds. The van der Waals surface area contributed by atoms with Gasteiger partial charge in [-0.2, -0.15) is 0 Å². The lowest BCUT2D eigenvalue weighted by atomic mass is 9.83. The highest BCUT2D eigenvalue weighted by Gasteiger charge is 2.40. The van der Waals surface area contributed by atoms with Gasteiger partial charge in [-0.15, -0.1) is 5.10 Å². The van der Waals surface area contributed by atoms with E-state index in [1.54, 1.807) is 10.9 Å². The van der Waals surface area contributed by atoms with E-state index in [-0.39, 0.29) is 11.7 Å². The van der Waals surface area contributed by atoms with Gasteiger partial charge in [0.1, 0.15) is 5.69 Å². The normalized spacial score (nSPS) is 26.6. The number of aldehydes is 1. The van der Waals surface area contributed by atoms with E-state index in [1.807, 2.05) is 0 Å². The first-order chi connectivity index (χ1) is 8.80. The van der Waals surface area contributed by atoms with Crippen LogP contribution in [0.4, 0.5) is 0 Å². The molecule has 1 aliphatic heterocycles. The van der Waals surface area contributed by atoms with Crippen LogP contribution in [0.25, 0.3) is 0 Å². The maximum Gasteiger partial charge on any atom is 0.171 e. The van der Waals surface area contributed by atoms with E-state index in [0.717, 1.165) is 12.7 Å². The molecule has 5 heteroatoms. The maximum absolute atomic E-state index is 10.6. The number of ether oxygens (including phenoxy) is 1. The Bertz CT molecular complexity index is 424. The van der Waals surface area contributed by atoms with Crippen molar-refractivity contribution in [3.05, 3.63) is 11.9 Å². The molecule has 18 heavy (non-hydrogen) atoms. The Kier molecular flexibility index (Phi) is 3.16. The number of hydrogen-bond acceptors (Lipinski definition) is 4. The van der Waals surface area contributed by atoms with Crippen molar-refractivity contribution >= 4 is 6.29 Å². The molecule has 1 aromatic heterocycles. The summed E-state index contributed by atoms with van der Waals surface area (Å²) >= 11 is 0. The molecule has 2 heterocycles. The molecule has 2 aliphatic rings. The zero-order valence-electron chi connectivity index (χ0n) is 10.5. The first-order valence-electron chi connectivity index (χ1n) is 6.83. The van der Waals surface area contributed by atoms with Gasteiger partial charge >= 0.3 is 0 Å². The minimum Gasteiger partial charge on any atom is -0.370 e. The number of nitrogens with zero attached hydrogens (tertiary/aromatic N) is 3. The van der Waals surface area contributed by atoms with Crippen molar-refractivity contribution in [1.29, 1.82) is 0 Å². The first kappa shape index (κ1) is 11.8. The molecule has 1 aliphatic carbocycles. The number of aromatic nitrogens is 3. The quantitative estimate of drug-likeness (QED) is 0.768. The second kappa shape index (κ2) is 4.80. The fourth-order valence-electron chi connectivity index (χ4n) is 3.25. The molecular formula is C13H19N3O2. The summed E-state index contributed by atoms with van der Waals surface area (Å²) in [6, 6.07) is 0. The maximum atomic E-state index is 10.6. The lowest BCUT2D eigenvalue weighted by Gasteiger charge is -2.33. The van der Waals surface area contributed by atoms with Crippen LogP contribution in [0.2, 0.25) is 0 Å². The standard InChI is InChI=1S/C13H19N3O2/c17-10-11-8-16(15-14-11)9-12-4-7-13(18-12)5-2-1-3-6-13/h8,10,12H,1-7,9H2. The Hall–Kier alpha value is -1.23. The highest BCUT2D eigenvalue weighted by atomic mass is 16.5. The van der Waals surface area contributed by atoms with Crippen LogP contribution in [-0.2, 0) is 11.3 Å². The number of carbonyl (C=O) groups is 1. The molecule has 98 valence electrons. The molecule has 0 aromatic carbocycles. The van der Waals surface area contributed by atoms with E-state index in [2.05, 4.69) is 10.3 Å². The first-order valence-corrected chi connectivity index (χ1v) is 6.83. The van der Waals surface area contributed by atoms with Gasteiger partial charge in [0.2, 0.25) is 0 Å².